The summed E-state index contributed by atoms with van der Waals surface area (Å²) < 4.78 is 11.0. The van der Waals surface area contributed by atoms with Crippen molar-refractivity contribution in [2.75, 3.05) is 14.2 Å². The fourth-order valence-electron chi connectivity index (χ4n) is 1.63. The maximum Gasteiger partial charge on any atom is 0.278 e. The summed E-state index contributed by atoms with van der Waals surface area (Å²) in [5.41, 5.74) is 1.46. The van der Waals surface area contributed by atoms with Crippen LogP contribution in [0.25, 0.3) is 0 Å². The van der Waals surface area contributed by atoms with Gasteiger partial charge in [0.15, 0.2) is 11.5 Å². The van der Waals surface area contributed by atoms with Gasteiger partial charge in [0.25, 0.3) is 5.91 Å². The molecule has 1 aliphatic heterocycles. The van der Waals surface area contributed by atoms with E-state index in [1.807, 2.05) is 6.07 Å². The van der Waals surface area contributed by atoms with Crippen molar-refractivity contribution in [2.45, 2.75) is 6.42 Å². The van der Waals surface area contributed by atoms with E-state index in [-0.39, 0.29) is 5.91 Å². The second kappa shape index (κ2) is 4.25. The number of ether oxygens (including phenoxy) is 2. The van der Waals surface area contributed by atoms with E-state index in [0.29, 0.717) is 28.1 Å². The number of amides is 1. The van der Waals surface area contributed by atoms with Gasteiger partial charge in [0.1, 0.15) is 0 Å². The van der Waals surface area contributed by atoms with Crippen LogP contribution < -0.4 is 9.47 Å². The highest BCUT2D eigenvalue weighted by molar-refractivity contribution is 9.18. The molecule has 84 valence electrons. The Morgan fingerprint density at radius 2 is 1.88 bits per heavy atom. The fraction of sp³-hybridized carbons (Fsp3) is 0.273. The van der Waals surface area contributed by atoms with Crippen molar-refractivity contribution in [1.82, 2.24) is 0 Å². The first-order chi connectivity index (χ1) is 7.65. The van der Waals surface area contributed by atoms with Gasteiger partial charge in [-0.2, -0.15) is 0 Å². The predicted molar refractivity (Wildman–Crippen MR) is 63.9 cm³/mol. The van der Waals surface area contributed by atoms with Crippen molar-refractivity contribution in [3.8, 4) is 11.5 Å². The van der Waals surface area contributed by atoms with Crippen molar-refractivity contribution in [3.63, 3.8) is 0 Å². The summed E-state index contributed by atoms with van der Waals surface area (Å²) in [6, 6.07) is 3.47. The van der Waals surface area contributed by atoms with E-state index in [0.717, 1.165) is 5.56 Å². The first kappa shape index (κ1) is 11.1. The van der Waals surface area contributed by atoms with Crippen molar-refractivity contribution < 1.29 is 14.3 Å². The van der Waals surface area contributed by atoms with Gasteiger partial charge in [-0.15, -0.1) is 0 Å². The number of rotatable bonds is 2. The van der Waals surface area contributed by atoms with Crippen molar-refractivity contribution in [1.29, 1.82) is 0 Å². The molecule has 0 bridgehead atoms. The molecule has 0 atom stereocenters. The highest BCUT2D eigenvalue weighted by Gasteiger charge is 2.21. The molecule has 0 radical (unpaired) electrons. The molecular formula is C11H10BrNO3. The van der Waals surface area contributed by atoms with Gasteiger partial charge < -0.3 is 9.47 Å². The van der Waals surface area contributed by atoms with Gasteiger partial charge in [-0.25, -0.2) is 4.99 Å². The van der Waals surface area contributed by atoms with Gasteiger partial charge in [-0.1, -0.05) is 0 Å². The summed E-state index contributed by atoms with van der Waals surface area (Å²) in [6.45, 7) is 0. The zero-order valence-electron chi connectivity index (χ0n) is 8.91. The number of aliphatic imine (C=N–C) groups is 1. The third-order valence-electron chi connectivity index (χ3n) is 2.40. The zero-order valence-corrected chi connectivity index (χ0v) is 10.5. The van der Waals surface area contributed by atoms with Crippen LogP contribution in [0.1, 0.15) is 15.9 Å². The second-order valence-corrected chi connectivity index (χ2v) is 4.25. The number of carbonyl (C=O) groups is 1. The molecule has 0 aromatic heterocycles. The molecule has 0 spiro atoms. The summed E-state index contributed by atoms with van der Waals surface area (Å²) in [6.07, 6.45) is 0.599. The lowest BCUT2D eigenvalue weighted by Gasteiger charge is -2.15. The molecule has 0 saturated heterocycles. The lowest BCUT2D eigenvalue weighted by Crippen LogP contribution is -2.12. The van der Waals surface area contributed by atoms with Crippen LogP contribution in [0.5, 0.6) is 11.5 Å². The monoisotopic (exact) mass is 283 g/mol. The van der Waals surface area contributed by atoms with Crippen LogP contribution in [0.15, 0.2) is 17.1 Å². The van der Waals surface area contributed by atoms with Crippen LogP contribution in [0.4, 0.5) is 0 Å². The van der Waals surface area contributed by atoms with E-state index in [4.69, 9.17) is 9.47 Å². The molecule has 0 N–H and O–H groups in total. The molecule has 4 nitrogen and oxygen atoms in total. The highest BCUT2D eigenvalue weighted by atomic mass is 79.9. The molecular weight excluding hydrogens is 274 g/mol. The molecule has 0 fully saturated rings. The molecule has 0 unspecified atom stereocenters. The Morgan fingerprint density at radius 3 is 2.50 bits per heavy atom. The Labute approximate surface area is 101 Å². The lowest BCUT2D eigenvalue weighted by molar-refractivity contribution is 0.1000. The van der Waals surface area contributed by atoms with Crippen molar-refractivity contribution >= 4 is 26.5 Å². The maximum absolute atomic E-state index is 11.6. The Hall–Kier alpha value is -1.36. The SMILES string of the molecule is COc1cc2c(cc1OC)C(=O)N=C(Br)C2. The Balaban J connectivity index is 2.56. The van der Waals surface area contributed by atoms with E-state index in [2.05, 4.69) is 20.9 Å². The number of nitrogens with zero attached hydrogens (tertiary/aromatic N) is 1. The zero-order chi connectivity index (χ0) is 11.7. The normalized spacial score (nSPS) is 14.2. The average Bonchev–Trinajstić information content (AvgIpc) is 2.27. The largest absolute Gasteiger partial charge is 0.493 e. The molecule has 1 amide bonds. The minimum atomic E-state index is -0.255. The van der Waals surface area contributed by atoms with E-state index in [9.17, 15) is 4.79 Å². The summed E-state index contributed by atoms with van der Waals surface area (Å²) in [5, 5.41) is 0. The summed E-state index contributed by atoms with van der Waals surface area (Å²) in [5.74, 6) is 0.910. The van der Waals surface area contributed by atoms with Gasteiger partial charge in [0, 0.05) is 12.0 Å². The molecule has 1 aromatic carbocycles. The summed E-state index contributed by atoms with van der Waals surface area (Å²) in [4.78, 5) is 15.5. The Bertz CT molecular complexity index is 482. The molecule has 16 heavy (non-hydrogen) atoms. The molecule has 5 heteroatoms. The van der Waals surface area contributed by atoms with Crippen LogP contribution in [-0.2, 0) is 6.42 Å². The van der Waals surface area contributed by atoms with E-state index in [1.54, 1.807) is 13.2 Å². The fourth-order valence-corrected chi connectivity index (χ4v) is 2.10. The van der Waals surface area contributed by atoms with Gasteiger partial charge in [-0.05, 0) is 33.6 Å². The third-order valence-corrected chi connectivity index (χ3v) is 2.86. The summed E-state index contributed by atoms with van der Waals surface area (Å²) in [7, 11) is 3.11. The van der Waals surface area contributed by atoms with Gasteiger partial charge >= 0.3 is 0 Å². The third kappa shape index (κ3) is 1.82. The minimum Gasteiger partial charge on any atom is -0.493 e. The van der Waals surface area contributed by atoms with E-state index < -0.39 is 0 Å². The second-order valence-electron chi connectivity index (χ2n) is 3.33. The van der Waals surface area contributed by atoms with Crippen LogP contribution in [-0.4, -0.2) is 24.7 Å². The molecule has 1 heterocycles. The van der Waals surface area contributed by atoms with Gasteiger partial charge in [0.05, 0.1) is 18.8 Å². The molecule has 1 aliphatic rings. The molecule has 0 aliphatic carbocycles. The maximum atomic E-state index is 11.6. The number of methoxy groups -OCH3 is 2. The Kier molecular flexibility index (Phi) is 2.96. The van der Waals surface area contributed by atoms with E-state index >= 15 is 0 Å². The molecule has 1 aromatic rings. The number of fused-ring (bicyclic) bond motifs is 1. The number of hydrogen-bond acceptors (Lipinski definition) is 3. The van der Waals surface area contributed by atoms with Crippen LogP contribution in [0, 0.1) is 0 Å². The van der Waals surface area contributed by atoms with Crippen LogP contribution in [0.3, 0.4) is 0 Å². The molecule has 0 saturated carbocycles. The molecule has 2 rings (SSSR count). The number of benzene rings is 1. The summed E-state index contributed by atoms with van der Waals surface area (Å²) >= 11 is 3.24. The highest BCUT2D eigenvalue weighted by Crippen LogP contribution is 2.33. The first-order valence-corrected chi connectivity index (χ1v) is 5.47. The minimum absolute atomic E-state index is 0.255. The topological polar surface area (TPSA) is 47.9 Å². The number of carbonyl (C=O) groups excluding carboxylic acids is 1. The van der Waals surface area contributed by atoms with Crippen LogP contribution >= 0.6 is 15.9 Å². The Morgan fingerprint density at radius 1 is 1.25 bits per heavy atom. The smallest absolute Gasteiger partial charge is 0.278 e. The quantitative estimate of drug-likeness (QED) is 0.836. The average molecular weight is 284 g/mol. The predicted octanol–water partition coefficient (Wildman–Crippen LogP) is 2.19. The standard InChI is InChI=1S/C11H10BrNO3/c1-15-8-3-6-4-10(12)13-11(14)7(6)5-9(8)16-2/h3,5H,4H2,1-2H3. The van der Waals surface area contributed by atoms with E-state index in [1.165, 1.54) is 7.11 Å². The van der Waals surface area contributed by atoms with Gasteiger partial charge in [-0.3, -0.25) is 4.79 Å². The number of halogens is 1. The van der Waals surface area contributed by atoms with Crippen molar-refractivity contribution in [3.05, 3.63) is 23.3 Å². The number of hydrogen-bond donors (Lipinski definition) is 0. The van der Waals surface area contributed by atoms with Gasteiger partial charge in [0.2, 0.25) is 0 Å². The lowest BCUT2D eigenvalue weighted by atomic mass is 10.0. The first-order valence-electron chi connectivity index (χ1n) is 4.68. The van der Waals surface area contributed by atoms with Crippen molar-refractivity contribution in [2.24, 2.45) is 4.99 Å². The van der Waals surface area contributed by atoms with Crippen LogP contribution in [0.2, 0.25) is 0 Å².